The predicted molar refractivity (Wildman–Crippen MR) is 55.2 cm³/mol. The van der Waals surface area contributed by atoms with E-state index >= 15 is 0 Å². The number of hydrogen-bond donors (Lipinski definition) is 0. The molecule has 2 nitrogen and oxygen atoms in total. The van der Waals surface area contributed by atoms with E-state index in [4.69, 9.17) is 4.84 Å². The molecule has 0 atom stereocenters. The highest BCUT2D eigenvalue weighted by molar-refractivity contribution is 8.00. The number of halogens is 3. The minimum absolute atomic E-state index is 0.121. The van der Waals surface area contributed by atoms with E-state index in [0.717, 1.165) is 19.5 Å². The third-order valence-corrected chi connectivity index (χ3v) is 2.85. The van der Waals surface area contributed by atoms with Crippen molar-refractivity contribution in [1.82, 2.24) is 5.06 Å². The van der Waals surface area contributed by atoms with Crippen molar-refractivity contribution in [3.05, 3.63) is 24.3 Å². The monoisotopic (exact) mass is 249 g/mol. The van der Waals surface area contributed by atoms with Crippen LogP contribution < -0.4 is 4.84 Å². The lowest BCUT2D eigenvalue weighted by molar-refractivity contribution is -0.107. The zero-order chi connectivity index (χ0) is 11.6. The average Bonchev–Trinajstić information content (AvgIpc) is 2.11. The molecule has 0 aliphatic carbocycles. The van der Waals surface area contributed by atoms with Crippen LogP contribution in [0.4, 0.5) is 13.2 Å². The summed E-state index contributed by atoms with van der Waals surface area (Å²) in [6, 6.07) is 5.92. The minimum atomic E-state index is -4.24. The van der Waals surface area contributed by atoms with Crippen LogP contribution in [0.2, 0.25) is 0 Å². The van der Waals surface area contributed by atoms with Gasteiger partial charge in [0.1, 0.15) is 5.75 Å². The maximum absolute atomic E-state index is 12.0. The Hall–Kier alpha value is -0.880. The summed E-state index contributed by atoms with van der Waals surface area (Å²) in [5.41, 5.74) is -4.24. The maximum atomic E-state index is 12.0. The van der Waals surface area contributed by atoms with Crippen LogP contribution in [0.5, 0.6) is 5.75 Å². The van der Waals surface area contributed by atoms with Crippen LogP contribution in [0.15, 0.2) is 29.2 Å². The number of nitrogens with zero attached hydrogens (tertiary/aromatic N) is 1. The van der Waals surface area contributed by atoms with Gasteiger partial charge >= 0.3 is 5.51 Å². The Labute approximate surface area is 95.3 Å². The van der Waals surface area contributed by atoms with Crippen molar-refractivity contribution in [2.45, 2.75) is 16.8 Å². The van der Waals surface area contributed by atoms with Crippen molar-refractivity contribution in [3.8, 4) is 5.75 Å². The van der Waals surface area contributed by atoms with Crippen LogP contribution in [0.1, 0.15) is 6.42 Å². The van der Waals surface area contributed by atoms with Gasteiger partial charge in [-0.1, -0.05) is 0 Å². The Morgan fingerprint density at radius 3 is 2.19 bits per heavy atom. The van der Waals surface area contributed by atoms with E-state index < -0.39 is 5.51 Å². The topological polar surface area (TPSA) is 12.5 Å². The molecule has 1 aromatic rings. The molecule has 88 valence electrons. The second kappa shape index (κ2) is 4.55. The summed E-state index contributed by atoms with van der Waals surface area (Å²) < 4.78 is 36.1. The van der Waals surface area contributed by atoms with Crippen molar-refractivity contribution in [2.75, 3.05) is 13.1 Å². The van der Waals surface area contributed by atoms with Gasteiger partial charge in [0.05, 0.1) is 0 Å². The van der Waals surface area contributed by atoms with Crippen LogP contribution in [0.3, 0.4) is 0 Å². The van der Waals surface area contributed by atoms with E-state index in [2.05, 4.69) is 0 Å². The Kier molecular flexibility index (Phi) is 3.30. The first-order valence-electron chi connectivity index (χ1n) is 4.82. The normalized spacial score (nSPS) is 16.9. The van der Waals surface area contributed by atoms with Gasteiger partial charge in [-0.05, 0) is 42.4 Å². The van der Waals surface area contributed by atoms with E-state index in [-0.39, 0.29) is 16.7 Å². The van der Waals surface area contributed by atoms with Crippen molar-refractivity contribution < 1.29 is 18.0 Å². The van der Waals surface area contributed by atoms with Crippen LogP contribution in [0.25, 0.3) is 0 Å². The lowest BCUT2D eigenvalue weighted by atomic mass is 10.3. The third kappa shape index (κ3) is 3.31. The van der Waals surface area contributed by atoms with Gasteiger partial charge in [-0.15, -0.1) is 5.06 Å². The average molecular weight is 249 g/mol. The summed E-state index contributed by atoms with van der Waals surface area (Å²) in [4.78, 5) is 5.55. The van der Waals surface area contributed by atoms with Crippen LogP contribution in [-0.4, -0.2) is 23.7 Å². The highest BCUT2D eigenvalue weighted by Crippen LogP contribution is 2.37. The number of rotatable bonds is 3. The third-order valence-electron chi connectivity index (χ3n) is 2.11. The van der Waals surface area contributed by atoms with Crippen molar-refractivity contribution in [1.29, 1.82) is 0 Å². The summed E-state index contributed by atoms with van der Waals surface area (Å²) in [6.07, 6.45) is 1.10. The number of hydroxylamine groups is 2. The van der Waals surface area contributed by atoms with Gasteiger partial charge in [0.15, 0.2) is 0 Å². The number of thioether (sulfide) groups is 1. The summed E-state index contributed by atoms with van der Waals surface area (Å²) in [7, 11) is 0. The van der Waals surface area contributed by atoms with Gasteiger partial charge in [0, 0.05) is 18.0 Å². The summed E-state index contributed by atoms with van der Waals surface area (Å²) >= 11 is -0.121. The summed E-state index contributed by atoms with van der Waals surface area (Å²) in [5, 5.41) is 1.77. The largest absolute Gasteiger partial charge is 0.446 e. The van der Waals surface area contributed by atoms with E-state index in [9.17, 15) is 13.2 Å². The molecule has 0 saturated carbocycles. The first-order chi connectivity index (χ1) is 7.53. The van der Waals surface area contributed by atoms with E-state index in [1.165, 1.54) is 12.1 Å². The van der Waals surface area contributed by atoms with Gasteiger partial charge in [0.2, 0.25) is 0 Å². The SMILES string of the molecule is FC(F)(F)Sc1ccc(ON2CCC2)cc1. The molecular formula is C10H10F3NOS. The number of alkyl halides is 3. The van der Waals surface area contributed by atoms with Gasteiger partial charge < -0.3 is 4.84 Å². The van der Waals surface area contributed by atoms with E-state index in [1.807, 2.05) is 0 Å². The molecule has 0 unspecified atom stereocenters. The molecule has 0 aromatic heterocycles. The number of hydrogen-bond acceptors (Lipinski definition) is 3. The molecule has 1 aliphatic heterocycles. The Morgan fingerprint density at radius 2 is 1.75 bits per heavy atom. The summed E-state index contributed by atoms with van der Waals surface area (Å²) in [5.74, 6) is 0.575. The van der Waals surface area contributed by atoms with Crippen molar-refractivity contribution >= 4 is 11.8 Å². The number of benzene rings is 1. The molecule has 0 spiro atoms. The first kappa shape index (κ1) is 11.6. The molecule has 16 heavy (non-hydrogen) atoms. The van der Waals surface area contributed by atoms with E-state index in [1.54, 1.807) is 17.2 Å². The molecule has 6 heteroatoms. The van der Waals surface area contributed by atoms with Crippen molar-refractivity contribution in [2.24, 2.45) is 0 Å². The second-order valence-corrected chi connectivity index (χ2v) is 4.53. The van der Waals surface area contributed by atoms with E-state index in [0.29, 0.717) is 5.75 Å². The first-order valence-corrected chi connectivity index (χ1v) is 5.63. The molecule has 1 saturated heterocycles. The smallest absolute Gasteiger partial charge is 0.406 e. The molecular weight excluding hydrogens is 239 g/mol. The standard InChI is InChI=1S/C10H10F3NOS/c11-10(12,13)16-9-4-2-8(3-5-9)15-14-6-1-7-14/h2-5H,1,6-7H2. The maximum Gasteiger partial charge on any atom is 0.446 e. The predicted octanol–water partition coefficient (Wildman–Crippen LogP) is 3.30. The highest BCUT2D eigenvalue weighted by atomic mass is 32.2. The van der Waals surface area contributed by atoms with Gasteiger partial charge in [-0.3, -0.25) is 0 Å². The quantitative estimate of drug-likeness (QED) is 0.763. The van der Waals surface area contributed by atoms with Gasteiger partial charge in [-0.2, -0.15) is 13.2 Å². The van der Waals surface area contributed by atoms with Crippen molar-refractivity contribution in [3.63, 3.8) is 0 Å². The lowest BCUT2D eigenvalue weighted by Gasteiger charge is -2.29. The van der Waals surface area contributed by atoms with Crippen LogP contribution in [0, 0.1) is 0 Å². The summed E-state index contributed by atoms with van der Waals surface area (Å²) in [6.45, 7) is 1.75. The Balaban J connectivity index is 1.93. The highest BCUT2D eigenvalue weighted by Gasteiger charge is 2.29. The fraction of sp³-hybridized carbons (Fsp3) is 0.400. The Bertz CT molecular complexity index is 348. The zero-order valence-electron chi connectivity index (χ0n) is 8.33. The molecule has 0 N–H and O–H groups in total. The second-order valence-electron chi connectivity index (χ2n) is 3.39. The molecule has 2 rings (SSSR count). The zero-order valence-corrected chi connectivity index (χ0v) is 9.14. The molecule has 1 aromatic carbocycles. The van der Waals surface area contributed by atoms with Crippen LogP contribution >= 0.6 is 11.8 Å². The Morgan fingerprint density at radius 1 is 1.12 bits per heavy atom. The van der Waals surface area contributed by atoms with Gasteiger partial charge in [-0.25, -0.2) is 0 Å². The molecule has 1 fully saturated rings. The fourth-order valence-corrected chi connectivity index (χ4v) is 1.77. The lowest BCUT2D eigenvalue weighted by Crippen LogP contribution is -2.39. The molecule has 0 radical (unpaired) electrons. The fourth-order valence-electron chi connectivity index (χ4n) is 1.23. The molecule has 1 aliphatic rings. The van der Waals surface area contributed by atoms with Crippen LogP contribution in [-0.2, 0) is 0 Å². The molecule has 0 bridgehead atoms. The molecule has 0 amide bonds. The minimum Gasteiger partial charge on any atom is -0.406 e. The van der Waals surface area contributed by atoms with Gasteiger partial charge in [0.25, 0.3) is 0 Å². The molecule has 1 heterocycles.